The molecule has 3 heteroatoms. The third kappa shape index (κ3) is 2.94. The summed E-state index contributed by atoms with van der Waals surface area (Å²) in [5, 5.41) is -0.0978. The minimum absolute atomic E-state index is 0.0127. The number of hydrogen-bond donors (Lipinski definition) is 0. The highest BCUT2D eigenvalue weighted by Crippen LogP contribution is 2.42. The van der Waals surface area contributed by atoms with Crippen LogP contribution < -0.4 is 0 Å². The number of halogens is 3. The molecule has 0 aliphatic rings. The van der Waals surface area contributed by atoms with Gasteiger partial charge in [0.25, 0.3) is 0 Å². The highest BCUT2D eigenvalue weighted by molar-refractivity contribution is 9.10. The lowest BCUT2D eigenvalue weighted by atomic mass is 9.83. The molecule has 1 aromatic rings. The summed E-state index contributed by atoms with van der Waals surface area (Å²) >= 11 is 9.55. The van der Waals surface area contributed by atoms with Crippen molar-refractivity contribution in [2.75, 3.05) is 0 Å². The van der Waals surface area contributed by atoms with Crippen LogP contribution in [0.15, 0.2) is 22.7 Å². The molecule has 0 saturated carbocycles. The first-order valence-corrected chi connectivity index (χ1v) is 6.20. The van der Waals surface area contributed by atoms with E-state index in [1.807, 2.05) is 0 Å². The largest absolute Gasteiger partial charge is 0.206 e. The SMILES string of the molecule is CCC(C)(C)C(Cl)c1ccc(F)c(Br)c1. The Bertz CT molecular complexity index is 349. The number of benzene rings is 1. The summed E-state index contributed by atoms with van der Waals surface area (Å²) in [5.41, 5.74) is 0.968. The lowest BCUT2D eigenvalue weighted by molar-refractivity contribution is 0.336. The van der Waals surface area contributed by atoms with Crippen LogP contribution in [0.2, 0.25) is 0 Å². The number of rotatable bonds is 3. The highest BCUT2D eigenvalue weighted by atomic mass is 79.9. The second-order valence-corrected chi connectivity index (χ2v) is 5.67. The maximum atomic E-state index is 13.1. The van der Waals surface area contributed by atoms with Crippen LogP contribution in [0, 0.1) is 11.2 Å². The molecule has 0 bridgehead atoms. The quantitative estimate of drug-likeness (QED) is 0.663. The normalized spacial score (nSPS) is 14.0. The first-order chi connectivity index (χ1) is 6.88. The molecule has 0 spiro atoms. The van der Waals surface area contributed by atoms with E-state index in [1.54, 1.807) is 12.1 Å². The summed E-state index contributed by atoms with van der Waals surface area (Å²) < 4.78 is 13.5. The predicted octanol–water partition coefficient (Wildman–Crippen LogP) is 5.30. The minimum Gasteiger partial charge on any atom is -0.206 e. The second-order valence-electron chi connectivity index (χ2n) is 4.38. The highest BCUT2D eigenvalue weighted by Gasteiger charge is 2.27. The molecule has 0 aromatic heterocycles. The summed E-state index contributed by atoms with van der Waals surface area (Å²) in [6, 6.07) is 4.94. The fourth-order valence-electron chi connectivity index (χ4n) is 1.30. The summed E-state index contributed by atoms with van der Waals surface area (Å²) in [6.07, 6.45) is 0.982. The molecule has 15 heavy (non-hydrogen) atoms. The van der Waals surface area contributed by atoms with Crippen molar-refractivity contribution in [2.24, 2.45) is 5.41 Å². The molecule has 0 nitrogen and oxygen atoms in total. The van der Waals surface area contributed by atoms with Crippen LogP contribution in [0.5, 0.6) is 0 Å². The van der Waals surface area contributed by atoms with E-state index in [9.17, 15) is 4.39 Å². The Labute approximate surface area is 104 Å². The van der Waals surface area contributed by atoms with E-state index >= 15 is 0 Å². The van der Waals surface area contributed by atoms with Crippen molar-refractivity contribution in [3.8, 4) is 0 Å². The average molecular weight is 294 g/mol. The molecule has 0 aliphatic carbocycles. The second kappa shape index (κ2) is 4.84. The first-order valence-electron chi connectivity index (χ1n) is 4.97. The third-order valence-corrected chi connectivity index (χ3v) is 4.28. The number of alkyl halides is 1. The van der Waals surface area contributed by atoms with Crippen molar-refractivity contribution in [1.29, 1.82) is 0 Å². The van der Waals surface area contributed by atoms with Gasteiger partial charge in [-0.15, -0.1) is 11.6 Å². The molecule has 0 aliphatic heterocycles. The Morgan fingerprint density at radius 3 is 2.53 bits per heavy atom. The van der Waals surface area contributed by atoms with Crippen molar-refractivity contribution in [3.05, 3.63) is 34.1 Å². The molecule has 0 saturated heterocycles. The Hall–Kier alpha value is -0.0800. The van der Waals surface area contributed by atoms with Crippen molar-refractivity contribution in [1.82, 2.24) is 0 Å². The van der Waals surface area contributed by atoms with E-state index in [4.69, 9.17) is 11.6 Å². The van der Waals surface area contributed by atoms with Gasteiger partial charge in [0, 0.05) is 0 Å². The van der Waals surface area contributed by atoms with Crippen LogP contribution in [0.25, 0.3) is 0 Å². The van der Waals surface area contributed by atoms with Gasteiger partial charge in [0.15, 0.2) is 0 Å². The predicted molar refractivity (Wildman–Crippen MR) is 66.8 cm³/mol. The van der Waals surface area contributed by atoms with Crippen LogP contribution >= 0.6 is 27.5 Å². The average Bonchev–Trinajstić information content (AvgIpc) is 2.21. The fourth-order valence-corrected chi connectivity index (χ4v) is 1.99. The van der Waals surface area contributed by atoms with Gasteiger partial charge < -0.3 is 0 Å². The van der Waals surface area contributed by atoms with Crippen LogP contribution in [-0.4, -0.2) is 0 Å². The zero-order valence-electron chi connectivity index (χ0n) is 9.15. The van der Waals surface area contributed by atoms with E-state index in [-0.39, 0.29) is 16.6 Å². The molecule has 1 rings (SSSR count). The minimum atomic E-state index is -0.253. The topological polar surface area (TPSA) is 0 Å². The molecule has 0 fully saturated rings. The van der Waals surface area contributed by atoms with Gasteiger partial charge in [0.1, 0.15) is 5.82 Å². The van der Waals surface area contributed by atoms with Gasteiger partial charge >= 0.3 is 0 Å². The van der Waals surface area contributed by atoms with E-state index < -0.39 is 0 Å². The summed E-state index contributed by atoms with van der Waals surface area (Å²) in [7, 11) is 0. The summed E-state index contributed by atoms with van der Waals surface area (Å²) in [5.74, 6) is -0.253. The molecular weight excluding hydrogens is 278 g/mol. The molecule has 84 valence electrons. The first kappa shape index (κ1) is 13.0. The van der Waals surface area contributed by atoms with Gasteiger partial charge in [-0.3, -0.25) is 0 Å². The van der Waals surface area contributed by atoms with Gasteiger partial charge in [-0.05, 0) is 45.5 Å². The molecule has 0 amide bonds. The van der Waals surface area contributed by atoms with Gasteiger partial charge in [-0.1, -0.05) is 26.8 Å². The Morgan fingerprint density at radius 2 is 2.07 bits per heavy atom. The van der Waals surface area contributed by atoms with Crippen LogP contribution in [0.1, 0.15) is 38.1 Å². The molecule has 0 heterocycles. The zero-order valence-corrected chi connectivity index (χ0v) is 11.5. The third-order valence-electron chi connectivity index (χ3n) is 2.83. The smallest absolute Gasteiger partial charge is 0.137 e. The van der Waals surface area contributed by atoms with Crippen LogP contribution in [-0.2, 0) is 0 Å². The van der Waals surface area contributed by atoms with Crippen molar-refractivity contribution in [3.63, 3.8) is 0 Å². The van der Waals surface area contributed by atoms with Gasteiger partial charge in [0.05, 0.1) is 9.85 Å². The molecule has 1 unspecified atom stereocenters. The van der Waals surface area contributed by atoms with E-state index in [0.29, 0.717) is 4.47 Å². The fraction of sp³-hybridized carbons (Fsp3) is 0.500. The van der Waals surface area contributed by atoms with Gasteiger partial charge in [-0.2, -0.15) is 0 Å². The lowest BCUT2D eigenvalue weighted by Crippen LogP contribution is -2.16. The molecule has 1 aromatic carbocycles. The Morgan fingerprint density at radius 1 is 1.47 bits per heavy atom. The van der Waals surface area contributed by atoms with Gasteiger partial charge in [-0.25, -0.2) is 4.39 Å². The van der Waals surface area contributed by atoms with Gasteiger partial charge in [0.2, 0.25) is 0 Å². The lowest BCUT2D eigenvalue weighted by Gasteiger charge is -2.29. The van der Waals surface area contributed by atoms with E-state index in [1.165, 1.54) is 6.07 Å². The van der Waals surface area contributed by atoms with Crippen LogP contribution in [0.4, 0.5) is 4.39 Å². The maximum absolute atomic E-state index is 13.1. The molecule has 0 radical (unpaired) electrons. The molecule has 0 N–H and O–H groups in total. The summed E-state index contributed by atoms with van der Waals surface area (Å²) in [4.78, 5) is 0. The Kier molecular flexibility index (Phi) is 4.19. The molecule has 1 atom stereocenters. The van der Waals surface area contributed by atoms with Crippen LogP contribution in [0.3, 0.4) is 0 Å². The van der Waals surface area contributed by atoms with Crippen molar-refractivity contribution >= 4 is 27.5 Å². The Balaban J connectivity index is 3.02. The van der Waals surface area contributed by atoms with Crippen molar-refractivity contribution in [2.45, 2.75) is 32.6 Å². The monoisotopic (exact) mass is 292 g/mol. The van der Waals surface area contributed by atoms with Crippen molar-refractivity contribution < 1.29 is 4.39 Å². The number of hydrogen-bond acceptors (Lipinski definition) is 0. The standard InChI is InChI=1S/C12H15BrClF/c1-4-12(2,3)11(14)8-5-6-10(15)9(13)7-8/h5-7,11H,4H2,1-3H3. The maximum Gasteiger partial charge on any atom is 0.137 e. The van der Waals surface area contributed by atoms with E-state index in [0.717, 1.165) is 12.0 Å². The summed E-state index contributed by atoms with van der Waals surface area (Å²) in [6.45, 7) is 6.33. The zero-order chi connectivity index (χ0) is 11.6. The van der Waals surface area contributed by atoms with E-state index in [2.05, 4.69) is 36.7 Å². The molecular formula is C12H15BrClF.